The van der Waals surface area contributed by atoms with Gasteiger partial charge in [-0.15, -0.1) is 0 Å². The molecular formula is C16H20N4. The van der Waals surface area contributed by atoms with Crippen molar-refractivity contribution in [3.8, 4) is 0 Å². The van der Waals surface area contributed by atoms with Gasteiger partial charge < -0.3 is 5.32 Å². The van der Waals surface area contributed by atoms with Crippen LogP contribution in [-0.2, 0) is 6.42 Å². The van der Waals surface area contributed by atoms with E-state index in [4.69, 9.17) is 0 Å². The van der Waals surface area contributed by atoms with Crippen molar-refractivity contribution >= 4 is 5.82 Å². The van der Waals surface area contributed by atoms with Gasteiger partial charge in [-0.05, 0) is 44.7 Å². The Morgan fingerprint density at radius 2 is 2.15 bits per heavy atom. The monoisotopic (exact) mass is 268 g/mol. The fourth-order valence-corrected chi connectivity index (χ4v) is 3.04. The molecule has 0 radical (unpaired) electrons. The molecule has 4 nitrogen and oxygen atoms in total. The van der Waals surface area contributed by atoms with Crippen LogP contribution in [0.2, 0.25) is 0 Å². The highest BCUT2D eigenvalue weighted by molar-refractivity contribution is 5.48. The van der Waals surface area contributed by atoms with Crippen LogP contribution in [0.3, 0.4) is 0 Å². The number of nitrogens with one attached hydrogen (secondary N) is 1. The predicted octanol–water partition coefficient (Wildman–Crippen LogP) is 3.08. The molecule has 0 saturated heterocycles. The van der Waals surface area contributed by atoms with Crippen LogP contribution in [0.15, 0.2) is 24.7 Å². The van der Waals surface area contributed by atoms with Crippen molar-refractivity contribution in [2.45, 2.75) is 39.0 Å². The van der Waals surface area contributed by atoms with Gasteiger partial charge in [-0.2, -0.15) is 0 Å². The summed E-state index contributed by atoms with van der Waals surface area (Å²) in [5, 5.41) is 3.31. The third-order valence-electron chi connectivity index (χ3n) is 3.99. The molecule has 1 aliphatic carbocycles. The minimum Gasteiger partial charge on any atom is -0.370 e. The number of fused-ring (bicyclic) bond motifs is 1. The Labute approximate surface area is 119 Å². The van der Waals surface area contributed by atoms with Gasteiger partial charge in [-0.3, -0.25) is 4.98 Å². The maximum atomic E-state index is 4.61. The standard InChI is InChI=1S/C16H20N4/c1-3-17-16-11(2)14(19-10-20-16)13-8-4-6-12-7-5-9-18-15(12)13/h5,7,9-10,13H,3-4,6,8H2,1-2H3,(H,17,19,20). The van der Waals surface area contributed by atoms with E-state index >= 15 is 0 Å². The molecule has 0 aliphatic heterocycles. The summed E-state index contributed by atoms with van der Waals surface area (Å²) in [6.45, 7) is 5.06. The summed E-state index contributed by atoms with van der Waals surface area (Å²) in [5.74, 6) is 1.25. The number of anilines is 1. The Balaban J connectivity index is 2.04. The van der Waals surface area contributed by atoms with Crippen molar-refractivity contribution in [1.82, 2.24) is 15.0 Å². The fraction of sp³-hybridized carbons (Fsp3) is 0.438. The Hall–Kier alpha value is -1.97. The van der Waals surface area contributed by atoms with Crippen LogP contribution in [0, 0.1) is 6.92 Å². The summed E-state index contributed by atoms with van der Waals surface area (Å²) in [4.78, 5) is 13.5. The van der Waals surface area contributed by atoms with E-state index in [0.717, 1.165) is 36.5 Å². The second kappa shape index (κ2) is 5.57. The van der Waals surface area contributed by atoms with E-state index < -0.39 is 0 Å². The van der Waals surface area contributed by atoms with E-state index in [1.807, 2.05) is 12.3 Å². The zero-order chi connectivity index (χ0) is 13.9. The predicted molar refractivity (Wildman–Crippen MR) is 80.0 cm³/mol. The molecule has 2 aromatic heterocycles. The Morgan fingerprint density at radius 1 is 1.25 bits per heavy atom. The highest BCUT2D eigenvalue weighted by Gasteiger charge is 2.26. The zero-order valence-electron chi connectivity index (χ0n) is 12.1. The van der Waals surface area contributed by atoms with Gasteiger partial charge in [0.25, 0.3) is 0 Å². The van der Waals surface area contributed by atoms with Crippen LogP contribution < -0.4 is 5.32 Å². The smallest absolute Gasteiger partial charge is 0.132 e. The van der Waals surface area contributed by atoms with Gasteiger partial charge in [0.2, 0.25) is 0 Å². The van der Waals surface area contributed by atoms with E-state index in [1.165, 1.54) is 17.7 Å². The van der Waals surface area contributed by atoms with Crippen LogP contribution in [0.25, 0.3) is 0 Å². The molecule has 0 bridgehead atoms. The maximum absolute atomic E-state index is 4.61. The topological polar surface area (TPSA) is 50.7 Å². The van der Waals surface area contributed by atoms with Crippen molar-refractivity contribution in [3.63, 3.8) is 0 Å². The highest BCUT2D eigenvalue weighted by Crippen LogP contribution is 2.36. The second-order valence-electron chi connectivity index (χ2n) is 5.26. The minimum absolute atomic E-state index is 0.306. The second-order valence-corrected chi connectivity index (χ2v) is 5.26. The van der Waals surface area contributed by atoms with E-state index in [9.17, 15) is 0 Å². The summed E-state index contributed by atoms with van der Waals surface area (Å²) in [7, 11) is 0. The lowest BCUT2D eigenvalue weighted by Crippen LogP contribution is -2.16. The first-order chi connectivity index (χ1) is 9.81. The van der Waals surface area contributed by atoms with Crippen LogP contribution in [0.5, 0.6) is 0 Å². The van der Waals surface area contributed by atoms with Crippen molar-refractivity contribution in [1.29, 1.82) is 0 Å². The normalized spacial score (nSPS) is 17.6. The van der Waals surface area contributed by atoms with Crippen LogP contribution in [0.1, 0.15) is 48.2 Å². The maximum Gasteiger partial charge on any atom is 0.132 e. The molecule has 0 fully saturated rings. The molecule has 2 heterocycles. The number of aromatic nitrogens is 3. The molecule has 3 rings (SSSR count). The Bertz CT molecular complexity index is 609. The molecular weight excluding hydrogens is 248 g/mol. The number of aryl methyl sites for hydroxylation is 1. The Morgan fingerprint density at radius 3 is 3.00 bits per heavy atom. The molecule has 1 aliphatic rings. The van der Waals surface area contributed by atoms with Crippen molar-refractivity contribution < 1.29 is 0 Å². The first-order valence-electron chi connectivity index (χ1n) is 7.30. The summed E-state index contributed by atoms with van der Waals surface area (Å²) in [6, 6.07) is 4.22. The molecule has 0 saturated carbocycles. The van der Waals surface area contributed by atoms with E-state index in [0.29, 0.717) is 5.92 Å². The number of hydrogen-bond acceptors (Lipinski definition) is 4. The van der Waals surface area contributed by atoms with Crippen molar-refractivity contribution in [2.75, 3.05) is 11.9 Å². The quantitative estimate of drug-likeness (QED) is 0.929. The minimum atomic E-state index is 0.306. The van der Waals surface area contributed by atoms with E-state index in [-0.39, 0.29) is 0 Å². The first kappa shape index (κ1) is 13.0. The van der Waals surface area contributed by atoms with Crippen LogP contribution in [0.4, 0.5) is 5.82 Å². The molecule has 0 aromatic carbocycles. The molecule has 104 valence electrons. The highest BCUT2D eigenvalue weighted by atomic mass is 15.0. The number of nitrogens with zero attached hydrogens (tertiary/aromatic N) is 3. The van der Waals surface area contributed by atoms with Gasteiger partial charge in [-0.1, -0.05) is 6.07 Å². The molecule has 2 aromatic rings. The lowest BCUT2D eigenvalue weighted by Gasteiger charge is -2.25. The average molecular weight is 268 g/mol. The van der Waals surface area contributed by atoms with Gasteiger partial charge in [0.15, 0.2) is 0 Å². The lowest BCUT2D eigenvalue weighted by atomic mass is 9.83. The first-order valence-corrected chi connectivity index (χ1v) is 7.30. The number of pyridine rings is 1. The Kier molecular flexibility index (Phi) is 3.63. The van der Waals surface area contributed by atoms with Gasteiger partial charge in [-0.25, -0.2) is 9.97 Å². The molecule has 4 heteroatoms. The fourth-order valence-electron chi connectivity index (χ4n) is 3.04. The number of hydrogen-bond donors (Lipinski definition) is 1. The average Bonchev–Trinajstić information content (AvgIpc) is 2.49. The van der Waals surface area contributed by atoms with Gasteiger partial charge in [0.05, 0.1) is 11.4 Å². The van der Waals surface area contributed by atoms with Gasteiger partial charge >= 0.3 is 0 Å². The zero-order valence-corrected chi connectivity index (χ0v) is 12.1. The van der Waals surface area contributed by atoms with E-state index in [2.05, 4.69) is 40.2 Å². The van der Waals surface area contributed by atoms with Gasteiger partial charge in [0, 0.05) is 24.2 Å². The lowest BCUT2D eigenvalue weighted by molar-refractivity contribution is 0.584. The van der Waals surface area contributed by atoms with Crippen LogP contribution >= 0.6 is 0 Å². The third-order valence-corrected chi connectivity index (χ3v) is 3.99. The van der Waals surface area contributed by atoms with Gasteiger partial charge in [0.1, 0.15) is 12.1 Å². The van der Waals surface area contributed by atoms with Crippen molar-refractivity contribution in [3.05, 3.63) is 47.2 Å². The molecule has 20 heavy (non-hydrogen) atoms. The van der Waals surface area contributed by atoms with E-state index in [1.54, 1.807) is 6.33 Å². The SMILES string of the molecule is CCNc1ncnc(C2CCCc3cccnc32)c1C. The molecule has 1 atom stereocenters. The summed E-state index contributed by atoms with van der Waals surface area (Å²) < 4.78 is 0. The molecule has 0 amide bonds. The molecule has 0 spiro atoms. The molecule has 1 N–H and O–H groups in total. The third kappa shape index (κ3) is 2.26. The van der Waals surface area contributed by atoms with Crippen molar-refractivity contribution in [2.24, 2.45) is 0 Å². The number of rotatable bonds is 3. The summed E-state index contributed by atoms with van der Waals surface area (Å²) in [5.41, 5.74) is 4.84. The van der Waals surface area contributed by atoms with Crippen LogP contribution in [-0.4, -0.2) is 21.5 Å². The summed E-state index contributed by atoms with van der Waals surface area (Å²) in [6.07, 6.45) is 7.00. The summed E-state index contributed by atoms with van der Waals surface area (Å²) >= 11 is 0. The molecule has 1 unspecified atom stereocenters. The largest absolute Gasteiger partial charge is 0.370 e.